The number of hydrogen-bond donors (Lipinski definition) is 2. The van der Waals surface area contributed by atoms with Gasteiger partial charge in [-0.25, -0.2) is 13.8 Å². The monoisotopic (exact) mass is 421 g/mol. The summed E-state index contributed by atoms with van der Waals surface area (Å²) in [6, 6.07) is 12.4. The van der Waals surface area contributed by atoms with Crippen molar-refractivity contribution in [2.75, 3.05) is 13.1 Å². The lowest BCUT2D eigenvalue weighted by Gasteiger charge is -2.30. The van der Waals surface area contributed by atoms with E-state index in [4.69, 9.17) is 11.6 Å². The van der Waals surface area contributed by atoms with E-state index in [1.807, 2.05) is 0 Å². The second-order valence-electron chi connectivity index (χ2n) is 6.46. The fourth-order valence-electron chi connectivity index (χ4n) is 2.94. The van der Waals surface area contributed by atoms with E-state index in [0.717, 1.165) is 5.56 Å². The van der Waals surface area contributed by atoms with E-state index in [0.29, 0.717) is 17.9 Å². The van der Waals surface area contributed by atoms with E-state index in [9.17, 15) is 18.3 Å². The largest absolute Gasteiger partial charge is 0.508 e. The van der Waals surface area contributed by atoms with Crippen LogP contribution >= 0.6 is 11.6 Å². The molecule has 2 N–H and O–H groups in total. The van der Waals surface area contributed by atoms with Crippen molar-refractivity contribution >= 4 is 33.7 Å². The molecule has 1 aliphatic heterocycles. The van der Waals surface area contributed by atoms with Gasteiger partial charge in [-0.2, -0.15) is 9.41 Å². The number of aromatic hydroxyl groups is 1. The van der Waals surface area contributed by atoms with Crippen molar-refractivity contribution in [3.05, 3.63) is 59.1 Å². The molecule has 1 aliphatic rings. The average molecular weight is 422 g/mol. The molecule has 1 saturated heterocycles. The molecule has 2 aromatic rings. The highest BCUT2D eigenvalue weighted by molar-refractivity contribution is 7.89. The van der Waals surface area contributed by atoms with Crippen LogP contribution < -0.4 is 5.43 Å². The third-order valence-electron chi connectivity index (χ3n) is 4.56. The highest BCUT2D eigenvalue weighted by Crippen LogP contribution is 2.24. The summed E-state index contributed by atoms with van der Waals surface area (Å²) in [5.74, 6) is -0.381. The number of phenolic OH excluding ortho intramolecular Hbond substituents is 1. The van der Waals surface area contributed by atoms with Gasteiger partial charge < -0.3 is 5.11 Å². The van der Waals surface area contributed by atoms with E-state index < -0.39 is 10.0 Å². The van der Waals surface area contributed by atoms with Gasteiger partial charge in [-0.1, -0.05) is 11.6 Å². The van der Waals surface area contributed by atoms with Gasteiger partial charge in [0.25, 0.3) is 0 Å². The molecule has 1 fully saturated rings. The summed E-state index contributed by atoms with van der Waals surface area (Å²) in [5.41, 5.74) is 3.23. The maximum Gasteiger partial charge on any atom is 0.243 e. The molecule has 0 atom stereocenters. The molecular formula is C19H20ClN3O4S. The Balaban J connectivity index is 1.53. The van der Waals surface area contributed by atoms with Crippen LogP contribution in [0.15, 0.2) is 58.5 Å². The third-order valence-corrected chi connectivity index (χ3v) is 6.72. The first kappa shape index (κ1) is 20.3. The van der Waals surface area contributed by atoms with Gasteiger partial charge in [-0.3, -0.25) is 4.79 Å². The van der Waals surface area contributed by atoms with Gasteiger partial charge in [0.1, 0.15) is 5.75 Å². The van der Waals surface area contributed by atoms with Crippen LogP contribution in [0.4, 0.5) is 0 Å². The number of carbonyl (C=O) groups excluding carboxylic acids is 1. The van der Waals surface area contributed by atoms with Crippen molar-refractivity contribution in [3.8, 4) is 5.75 Å². The summed E-state index contributed by atoms with van der Waals surface area (Å²) < 4.78 is 26.7. The molecule has 2 aromatic carbocycles. The molecule has 7 nitrogen and oxygen atoms in total. The van der Waals surface area contributed by atoms with E-state index in [-0.39, 0.29) is 35.6 Å². The summed E-state index contributed by atoms with van der Waals surface area (Å²) in [4.78, 5) is 12.5. The number of amides is 1. The Kier molecular flexibility index (Phi) is 6.33. The molecule has 1 amide bonds. The normalized spacial score (nSPS) is 16.3. The molecule has 148 valence electrons. The number of phenols is 1. The van der Waals surface area contributed by atoms with E-state index in [1.165, 1.54) is 34.8 Å². The predicted octanol–water partition coefficient (Wildman–Crippen LogP) is 2.60. The summed E-state index contributed by atoms with van der Waals surface area (Å²) in [7, 11) is -3.59. The summed E-state index contributed by atoms with van der Waals surface area (Å²) >= 11 is 5.81. The number of halogens is 1. The van der Waals surface area contributed by atoms with Crippen LogP contribution in [0.1, 0.15) is 18.4 Å². The molecule has 0 spiro atoms. The average Bonchev–Trinajstić information content (AvgIpc) is 2.70. The van der Waals surface area contributed by atoms with E-state index in [1.54, 1.807) is 24.3 Å². The molecule has 0 aromatic heterocycles. The van der Waals surface area contributed by atoms with Crippen LogP contribution in [-0.2, 0) is 14.8 Å². The molecule has 28 heavy (non-hydrogen) atoms. The van der Waals surface area contributed by atoms with Gasteiger partial charge in [-0.15, -0.1) is 0 Å². The van der Waals surface area contributed by atoms with Crippen LogP contribution in [0.3, 0.4) is 0 Å². The third kappa shape index (κ3) is 4.89. The van der Waals surface area contributed by atoms with Crippen molar-refractivity contribution in [3.63, 3.8) is 0 Å². The number of hydrogen-bond acceptors (Lipinski definition) is 5. The molecule has 0 saturated carbocycles. The number of hydrazone groups is 1. The first-order chi connectivity index (χ1) is 13.4. The number of nitrogens with one attached hydrogen (secondary N) is 1. The zero-order valence-electron chi connectivity index (χ0n) is 15.0. The first-order valence-corrected chi connectivity index (χ1v) is 10.6. The Hall–Kier alpha value is -2.42. The van der Waals surface area contributed by atoms with Crippen molar-refractivity contribution in [2.45, 2.75) is 17.7 Å². The summed E-state index contributed by atoms with van der Waals surface area (Å²) in [6.45, 7) is 0.537. The Morgan fingerprint density at radius 3 is 2.32 bits per heavy atom. The zero-order valence-corrected chi connectivity index (χ0v) is 16.5. The van der Waals surface area contributed by atoms with Gasteiger partial charge in [0.15, 0.2) is 0 Å². The lowest BCUT2D eigenvalue weighted by atomic mass is 9.98. The molecule has 1 heterocycles. The predicted molar refractivity (Wildman–Crippen MR) is 107 cm³/mol. The van der Waals surface area contributed by atoms with Gasteiger partial charge in [0.05, 0.1) is 11.1 Å². The SMILES string of the molecule is O=C(N/N=C\c1ccc(O)cc1)C1CCN(S(=O)(=O)c2ccc(Cl)cc2)CC1. The van der Waals surface area contributed by atoms with Crippen molar-refractivity contribution < 1.29 is 18.3 Å². The van der Waals surface area contributed by atoms with Gasteiger partial charge in [0.2, 0.25) is 15.9 Å². The number of piperidine rings is 1. The van der Waals surface area contributed by atoms with Crippen molar-refractivity contribution in [1.82, 2.24) is 9.73 Å². The lowest BCUT2D eigenvalue weighted by molar-refractivity contribution is -0.126. The molecule has 3 rings (SSSR count). The summed E-state index contributed by atoms with van der Waals surface area (Å²) in [6.07, 6.45) is 2.33. The maximum atomic E-state index is 12.7. The van der Waals surface area contributed by atoms with Crippen molar-refractivity contribution in [2.24, 2.45) is 11.0 Å². The van der Waals surface area contributed by atoms with Crippen molar-refractivity contribution in [1.29, 1.82) is 0 Å². The zero-order chi connectivity index (χ0) is 20.1. The Bertz CT molecular complexity index is 952. The van der Waals surface area contributed by atoms with Gasteiger partial charge in [-0.05, 0) is 66.9 Å². The topological polar surface area (TPSA) is 99.1 Å². The number of rotatable bonds is 5. The standard InChI is InChI=1S/C19H20ClN3O4S/c20-16-3-7-18(8-4-16)28(26,27)23-11-9-15(10-12-23)19(25)22-21-13-14-1-5-17(24)6-2-14/h1-8,13,15,24H,9-12H2,(H,22,25)/b21-13-. The molecule has 0 unspecified atom stereocenters. The molecule has 0 bridgehead atoms. The number of nitrogens with zero attached hydrogens (tertiary/aromatic N) is 2. The van der Waals surface area contributed by atoms with Crippen LogP contribution in [0, 0.1) is 5.92 Å². The quantitative estimate of drug-likeness (QED) is 0.572. The lowest BCUT2D eigenvalue weighted by Crippen LogP contribution is -2.42. The number of carbonyl (C=O) groups is 1. The van der Waals surface area contributed by atoms with Crippen LogP contribution in [0.5, 0.6) is 5.75 Å². The van der Waals surface area contributed by atoms with Crippen LogP contribution in [0.25, 0.3) is 0 Å². The molecular weight excluding hydrogens is 402 g/mol. The Morgan fingerprint density at radius 1 is 1.11 bits per heavy atom. The van der Waals surface area contributed by atoms with Crippen LogP contribution in [-0.4, -0.2) is 43.0 Å². The van der Waals surface area contributed by atoms with Gasteiger partial charge in [0, 0.05) is 24.0 Å². The molecule has 9 heteroatoms. The number of sulfonamides is 1. The minimum atomic E-state index is -3.59. The molecule has 0 radical (unpaired) electrons. The van der Waals surface area contributed by atoms with E-state index in [2.05, 4.69) is 10.5 Å². The van der Waals surface area contributed by atoms with E-state index >= 15 is 0 Å². The van der Waals surface area contributed by atoms with Crippen LogP contribution in [0.2, 0.25) is 5.02 Å². The molecule has 0 aliphatic carbocycles. The minimum absolute atomic E-state index is 0.154. The smallest absolute Gasteiger partial charge is 0.243 e. The fraction of sp³-hybridized carbons (Fsp3) is 0.263. The second kappa shape index (κ2) is 8.72. The first-order valence-electron chi connectivity index (χ1n) is 8.74. The fourth-order valence-corrected chi connectivity index (χ4v) is 4.53. The highest BCUT2D eigenvalue weighted by atomic mass is 35.5. The summed E-state index contributed by atoms with van der Waals surface area (Å²) in [5, 5.41) is 13.6. The second-order valence-corrected chi connectivity index (χ2v) is 8.83. The minimum Gasteiger partial charge on any atom is -0.508 e. The van der Waals surface area contributed by atoms with Gasteiger partial charge >= 0.3 is 0 Å². The Morgan fingerprint density at radius 2 is 1.71 bits per heavy atom. The Labute approximate surface area is 168 Å². The number of benzene rings is 2. The highest BCUT2D eigenvalue weighted by Gasteiger charge is 2.32. The maximum absolute atomic E-state index is 12.7.